The molecule has 0 amide bonds. The van der Waals surface area contributed by atoms with Crippen molar-refractivity contribution in [2.45, 2.75) is 19.8 Å². The van der Waals surface area contributed by atoms with Gasteiger partial charge in [0.2, 0.25) is 5.13 Å². The predicted octanol–water partition coefficient (Wildman–Crippen LogP) is 4.12. The van der Waals surface area contributed by atoms with Crippen molar-refractivity contribution in [3.05, 3.63) is 27.5 Å². The summed E-state index contributed by atoms with van der Waals surface area (Å²) in [6.45, 7) is 2.78. The summed E-state index contributed by atoms with van der Waals surface area (Å²) in [5.74, 6) is 1.85. The van der Waals surface area contributed by atoms with Gasteiger partial charge in [-0.05, 0) is 40.0 Å². The Kier molecular flexibility index (Phi) is 6.66. The number of methoxy groups -OCH3 is 1. The molecule has 3 N–H and O–H groups in total. The maximum Gasteiger partial charge on any atom is 0.205 e. The number of hydrazone groups is 1. The fraction of sp³-hybridized carbons (Fsp3) is 0.333. The van der Waals surface area contributed by atoms with Gasteiger partial charge in [-0.3, -0.25) is 5.43 Å². The van der Waals surface area contributed by atoms with E-state index in [1.54, 1.807) is 18.7 Å². The molecule has 0 aliphatic heterocycles. The third kappa shape index (κ3) is 5.11. The molecule has 1 aromatic carbocycles. The van der Waals surface area contributed by atoms with Crippen LogP contribution in [0, 0.1) is 0 Å². The Balaban J connectivity index is 2.08. The molecule has 0 bridgehead atoms. The van der Waals surface area contributed by atoms with Crippen LogP contribution in [0.2, 0.25) is 0 Å². The average Bonchev–Trinajstić information content (AvgIpc) is 2.94. The van der Waals surface area contributed by atoms with Crippen LogP contribution >= 0.6 is 27.3 Å². The number of hydrogen-bond donors (Lipinski definition) is 2. The highest BCUT2D eigenvalue weighted by Crippen LogP contribution is 2.36. The largest absolute Gasteiger partial charge is 0.493 e. The molecule has 1 heterocycles. The van der Waals surface area contributed by atoms with E-state index in [1.165, 1.54) is 11.3 Å². The maximum absolute atomic E-state index is 5.78. The molecular formula is C15H19BrN4O2S. The number of halogens is 1. The molecule has 0 aliphatic carbocycles. The molecule has 0 radical (unpaired) electrons. The monoisotopic (exact) mass is 398 g/mol. The number of ether oxygens (including phenoxy) is 2. The molecule has 1 aromatic heterocycles. The predicted molar refractivity (Wildman–Crippen MR) is 98.8 cm³/mol. The first-order chi connectivity index (χ1) is 11.1. The van der Waals surface area contributed by atoms with E-state index in [0.717, 1.165) is 22.9 Å². The normalized spacial score (nSPS) is 10.9. The molecule has 6 nitrogen and oxygen atoms in total. The van der Waals surface area contributed by atoms with Gasteiger partial charge in [-0.1, -0.05) is 13.3 Å². The third-order valence-electron chi connectivity index (χ3n) is 2.89. The first-order valence-corrected chi connectivity index (χ1v) is 8.81. The number of nitrogens with two attached hydrogens (primary N) is 1. The minimum Gasteiger partial charge on any atom is -0.493 e. The molecule has 2 aromatic rings. The van der Waals surface area contributed by atoms with E-state index in [2.05, 4.69) is 38.4 Å². The van der Waals surface area contributed by atoms with Gasteiger partial charge in [0.15, 0.2) is 11.5 Å². The summed E-state index contributed by atoms with van der Waals surface area (Å²) in [7, 11) is 1.62. The van der Waals surface area contributed by atoms with Crippen LogP contribution in [0.5, 0.6) is 11.5 Å². The second kappa shape index (κ2) is 8.73. The van der Waals surface area contributed by atoms with Crippen molar-refractivity contribution in [1.82, 2.24) is 4.98 Å². The Labute approximate surface area is 147 Å². The van der Waals surface area contributed by atoms with Crippen molar-refractivity contribution in [1.29, 1.82) is 0 Å². The molecular weight excluding hydrogens is 380 g/mol. The molecule has 0 fully saturated rings. The average molecular weight is 399 g/mol. The lowest BCUT2D eigenvalue weighted by atomic mass is 10.2. The molecule has 124 valence electrons. The second-order valence-electron chi connectivity index (χ2n) is 4.68. The summed E-state index contributed by atoms with van der Waals surface area (Å²) in [4.78, 5) is 4.07. The molecule has 0 aliphatic rings. The Bertz CT molecular complexity index is 675. The van der Waals surface area contributed by atoms with Crippen molar-refractivity contribution in [3.63, 3.8) is 0 Å². The number of thiazole rings is 1. The molecule has 2 rings (SSSR count). The Morgan fingerprint density at radius 1 is 1.48 bits per heavy atom. The zero-order valence-electron chi connectivity index (χ0n) is 13.0. The number of nitrogen functional groups attached to an aromatic ring is 1. The summed E-state index contributed by atoms with van der Waals surface area (Å²) >= 11 is 4.91. The van der Waals surface area contributed by atoms with Crippen molar-refractivity contribution in [2.24, 2.45) is 5.10 Å². The van der Waals surface area contributed by atoms with Crippen molar-refractivity contribution in [2.75, 3.05) is 24.9 Å². The topological polar surface area (TPSA) is 81.8 Å². The Morgan fingerprint density at radius 2 is 2.30 bits per heavy atom. The van der Waals surface area contributed by atoms with E-state index in [-0.39, 0.29) is 0 Å². The number of hydrogen-bond acceptors (Lipinski definition) is 7. The number of nitrogens with zero attached hydrogens (tertiary/aromatic N) is 2. The second-order valence-corrected chi connectivity index (χ2v) is 6.40. The number of nitrogens with one attached hydrogen (secondary N) is 1. The maximum atomic E-state index is 5.78. The quantitative estimate of drug-likeness (QED) is 0.397. The van der Waals surface area contributed by atoms with Crippen LogP contribution in [0.1, 0.15) is 25.3 Å². The van der Waals surface area contributed by atoms with E-state index < -0.39 is 0 Å². The van der Waals surface area contributed by atoms with Crippen molar-refractivity contribution < 1.29 is 9.47 Å². The molecule has 0 saturated carbocycles. The van der Waals surface area contributed by atoms with E-state index in [4.69, 9.17) is 15.2 Å². The highest BCUT2D eigenvalue weighted by Gasteiger charge is 2.11. The summed E-state index contributed by atoms with van der Waals surface area (Å²) < 4.78 is 12.0. The number of rotatable bonds is 8. The van der Waals surface area contributed by atoms with Gasteiger partial charge >= 0.3 is 0 Å². The van der Waals surface area contributed by atoms with Gasteiger partial charge < -0.3 is 15.2 Å². The zero-order chi connectivity index (χ0) is 16.7. The third-order valence-corrected chi connectivity index (χ3v) is 4.25. The summed E-state index contributed by atoms with van der Waals surface area (Å²) in [6.07, 6.45) is 3.76. The van der Waals surface area contributed by atoms with Gasteiger partial charge in [-0.2, -0.15) is 5.10 Å². The summed E-state index contributed by atoms with van der Waals surface area (Å²) in [5, 5.41) is 6.54. The smallest absolute Gasteiger partial charge is 0.205 e. The van der Waals surface area contributed by atoms with E-state index in [0.29, 0.717) is 29.1 Å². The van der Waals surface area contributed by atoms with Gasteiger partial charge in [0, 0.05) is 5.38 Å². The van der Waals surface area contributed by atoms with Crippen molar-refractivity contribution in [3.8, 4) is 11.5 Å². The van der Waals surface area contributed by atoms with Crippen LogP contribution < -0.4 is 20.6 Å². The molecule has 0 atom stereocenters. The molecule has 0 unspecified atom stereocenters. The van der Waals surface area contributed by atoms with E-state index in [1.807, 2.05) is 12.1 Å². The van der Waals surface area contributed by atoms with Gasteiger partial charge in [0.1, 0.15) is 5.82 Å². The number of aromatic nitrogens is 1. The highest BCUT2D eigenvalue weighted by atomic mass is 79.9. The number of benzene rings is 1. The standard InChI is InChI=1S/C15H19BrN4O2S/c1-3-4-5-22-14-11(16)6-10(7-12(14)21-2)8-18-20-15-19-13(17)9-23-15/h6-9H,3-5,17H2,1-2H3,(H,19,20). The van der Waals surface area contributed by atoms with Crippen LogP contribution in [0.15, 0.2) is 27.1 Å². The SMILES string of the molecule is CCCCOc1c(Br)cc(C=NNc2nc(N)cs2)cc1OC. The molecule has 0 saturated heterocycles. The number of unbranched alkanes of at least 4 members (excludes halogenated alkanes) is 1. The van der Waals surface area contributed by atoms with Gasteiger partial charge in [-0.15, -0.1) is 11.3 Å². The summed E-state index contributed by atoms with van der Waals surface area (Å²) in [6, 6.07) is 3.79. The van der Waals surface area contributed by atoms with E-state index in [9.17, 15) is 0 Å². The van der Waals surface area contributed by atoms with E-state index >= 15 is 0 Å². The lowest BCUT2D eigenvalue weighted by Crippen LogP contribution is -2.01. The molecule has 8 heteroatoms. The zero-order valence-corrected chi connectivity index (χ0v) is 15.4. The highest BCUT2D eigenvalue weighted by molar-refractivity contribution is 9.10. The molecule has 23 heavy (non-hydrogen) atoms. The van der Waals surface area contributed by atoms with Crippen LogP contribution in [-0.2, 0) is 0 Å². The van der Waals surface area contributed by atoms with Gasteiger partial charge in [0.25, 0.3) is 0 Å². The Morgan fingerprint density at radius 3 is 2.96 bits per heavy atom. The first-order valence-electron chi connectivity index (χ1n) is 7.14. The van der Waals surface area contributed by atoms with Crippen LogP contribution in [0.4, 0.5) is 10.9 Å². The fourth-order valence-corrected chi connectivity index (χ4v) is 2.90. The molecule has 0 spiro atoms. The minimum absolute atomic E-state index is 0.477. The van der Waals surface area contributed by atoms with Crippen LogP contribution in [-0.4, -0.2) is 24.9 Å². The first kappa shape index (κ1) is 17.6. The minimum atomic E-state index is 0.477. The summed E-state index contributed by atoms with van der Waals surface area (Å²) in [5.41, 5.74) is 9.26. The lowest BCUT2D eigenvalue weighted by Gasteiger charge is -2.13. The Hall–Kier alpha value is -1.80. The van der Waals surface area contributed by atoms with Crippen LogP contribution in [0.25, 0.3) is 0 Å². The number of anilines is 2. The lowest BCUT2D eigenvalue weighted by molar-refractivity contribution is 0.286. The van der Waals surface area contributed by atoms with Gasteiger partial charge in [-0.25, -0.2) is 4.98 Å². The van der Waals surface area contributed by atoms with Crippen molar-refractivity contribution >= 4 is 44.4 Å². The fourth-order valence-electron chi connectivity index (χ4n) is 1.77. The van der Waals surface area contributed by atoms with Crippen LogP contribution in [0.3, 0.4) is 0 Å². The van der Waals surface area contributed by atoms with Gasteiger partial charge in [0.05, 0.1) is 24.4 Å².